The smallest absolute Gasteiger partial charge is 0.124 e. The molecule has 2 rings (SSSR count). The number of hydrogen-bond acceptors (Lipinski definition) is 3. The number of ether oxygens (including phenoxy) is 1. The molecule has 76 valence electrons. The van der Waals surface area contributed by atoms with E-state index >= 15 is 0 Å². The topological polar surface area (TPSA) is 35.0 Å². The number of aromatic nitrogens is 2. The van der Waals surface area contributed by atoms with Gasteiger partial charge in [-0.3, -0.25) is 4.98 Å². The second kappa shape index (κ2) is 4.36. The van der Waals surface area contributed by atoms with E-state index in [-0.39, 0.29) is 0 Å². The van der Waals surface area contributed by atoms with Crippen LogP contribution >= 0.6 is 15.9 Å². The van der Waals surface area contributed by atoms with E-state index in [0.717, 1.165) is 29.7 Å². The Morgan fingerprint density at radius 3 is 3.07 bits per heavy atom. The largest absolute Gasteiger partial charge is 0.378 e. The van der Waals surface area contributed by atoms with Gasteiger partial charge in [0.05, 0.1) is 18.0 Å². The molecule has 0 N–H and O–H groups in total. The van der Waals surface area contributed by atoms with Gasteiger partial charge in [-0.2, -0.15) is 0 Å². The van der Waals surface area contributed by atoms with Crippen molar-refractivity contribution in [2.75, 3.05) is 6.61 Å². The number of nitrogens with zero attached hydrogens (tertiary/aromatic N) is 2. The Hall–Kier alpha value is -0.480. The van der Waals surface area contributed by atoms with Gasteiger partial charge in [-0.25, -0.2) is 4.98 Å². The Kier molecular flexibility index (Phi) is 3.13. The van der Waals surface area contributed by atoms with Crippen LogP contribution in [0.1, 0.15) is 31.4 Å². The van der Waals surface area contributed by atoms with Crippen molar-refractivity contribution in [3.05, 3.63) is 22.7 Å². The van der Waals surface area contributed by atoms with E-state index < -0.39 is 0 Å². The minimum Gasteiger partial charge on any atom is -0.378 e. The molecular weight excluding hydrogens is 244 g/mol. The maximum Gasteiger partial charge on any atom is 0.124 e. The van der Waals surface area contributed by atoms with Gasteiger partial charge in [0.2, 0.25) is 0 Å². The average molecular weight is 257 g/mol. The van der Waals surface area contributed by atoms with Gasteiger partial charge in [0.15, 0.2) is 0 Å². The summed E-state index contributed by atoms with van der Waals surface area (Å²) in [6, 6.07) is 0. The molecular formula is C10H13BrN2O. The summed E-state index contributed by atoms with van der Waals surface area (Å²) >= 11 is 3.34. The van der Waals surface area contributed by atoms with Crippen LogP contribution in [0.4, 0.5) is 0 Å². The molecule has 0 radical (unpaired) electrons. The summed E-state index contributed by atoms with van der Waals surface area (Å²) in [5.41, 5.74) is 1.08. The molecule has 1 aromatic rings. The molecule has 4 heteroatoms. The van der Waals surface area contributed by atoms with Crippen molar-refractivity contribution in [1.82, 2.24) is 9.97 Å². The average Bonchev–Trinajstić information content (AvgIpc) is 2.18. The molecule has 2 heterocycles. The maximum absolute atomic E-state index is 5.50. The van der Waals surface area contributed by atoms with Crippen molar-refractivity contribution in [2.24, 2.45) is 0 Å². The fourth-order valence-electron chi connectivity index (χ4n) is 1.82. The molecule has 1 aliphatic rings. The van der Waals surface area contributed by atoms with Crippen LogP contribution in [0.2, 0.25) is 0 Å². The molecule has 0 aromatic carbocycles. The predicted molar refractivity (Wildman–Crippen MR) is 57.1 cm³/mol. The monoisotopic (exact) mass is 256 g/mol. The lowest BCUT2D eigenvalue weighted by atomic mass is 9.93. The second-order valence-corrected chi connectivity index (χ2v) is 4.48. The first-order valence-corrected chi connectivity index (χ1v) is 5.64. The summed E-state index contributed by atoms with van der Waals surface area (Å²) in [6.07, 6.45) is 6.01. The highest BCUT2D eigenvalue weighted by Crippen LogP contribution is 2.28. The van der Waals surface area contributed by atoms with Crippen molar-refractivity contribution < 1.29 is 4.74 Å². The van der Waals surface area contributed by atoms with Crippen molar-refractivity contribution in [3.8, 4) is 0 Å². The first-order valence-electron chi connectivity index (χ1n) is 4.85. The van der Waals surface area contributed by atoms with Crippen LogP contribution in [0.15, 0.2) is 17.0 Å². The van der Waals surface area contributed by atoms with Gasteiger partial charge in [-0.15, -0.1) is 0 Å². The summed E-state index contributed by atoms with van der Waals surface area (Å²) in [4.78, 5) is 8.56. The summed E-state index contributed by atoms with van der Waals surface area (Å²) in [7, 11) is 0. The van der Waals surface area contributed by atoms with E-state index in [0.29, 0.717) is 12.0 Å². The van der Waals surface area contributed by atoms with Crippen LogP contribution in [0.5, 0.6) is 0 Å². The zero-order valence-corrected chi connectivity index (χ0v) is 9.70. The van der Waals surface area contributed by atoms with Crippen LogP contribution < -0.4 is 0 Å². The molecule has 1 saturated heterocycles. The zero-order chi connectivity index (χ0) is 9.97. The minimum absolute atomic E-state index is 0.342. The van der Waals surface area contributed by atoms with E-state index in [9.17, 15) is 0 Å². The Morgan fingerprint density at radius 1 is 1.50 bits per heavy atom. The van der Waals surface area contributed by atoms with E-state index in [1.807, 2.05) is 6.20 Å². The van der Waals surface area contributed by atoms with Gasteiger partial charge < -0.3 is 4.74 Å². The van der Waals surface area contributed by atoms with Crippen LogP contribution in [0.3, 0.4) is 0 Å². The molecule has 0 amide bonds. The zero-order valence-electron chi connectivity index (χ0n) is 8.11. The predicted octanol–water partition coefficient (Wildman–Crippen LogP) is 2.52. The molecule has 2 atom stereocenters. The third-order valence-corrected chi connectivity index (χ3v) is 2.91. The molecule has 1 aliphatic heterocycles. The van der Waals surface area contributed by atoms with Gasteiger partial charge in [-0.05, 0) is 35.7 Å². The molecule has 3 nitrogen and oxygen atoms in total. The Morgan fingerprint density at radius 2 is 2.36 bits per heavy atom. The SMILES string of the molecule is C[C@H]1C[C@@H](c2cncc(Br)n2)CCO1. The third-order valence-electron chi connectivity index (χ3n) is 2.53. The fraction of sp³-hybridized carbons (Fsp3) is 0.600. The van der Waals surface area contributed by atoms with Gasteiger partial charge in [0, 0.05) is 18.7 Å². The standard InChI is InChI=1S/C10H13BrN2O/c1-7-4-8(2-3-14-7)9-5-12-6-10(11)13-9/h5-8H,2-4H2,1H3/t7-,8-/m0/s1. The van der Waals surface area contributed by atoms with Gasteiger partial charge in [0.25, 0.3) is 0 Å². The molecule has 1 fully saturated rings. The normalized spacial score (nSPS) is 27.6. The van der Waals surface area contributed by atoms with Crippen LogP contribution in [-0.4, -0.2) is 22.7 Å². The number of hydrogen-bond donors (Lipinski definition) is 0. The molecule has 14 heavy (non-hydrogen) atoms. The molecule has 0 unspecified atom stereocenters. The number of halogens is 1. The van der Waals surface area contributed by atoms with E-state index in [2.05, 4.69) is 32.8 Å². The van der Waals surface area contributed by atoms with E-state index in [1.165, 1.54) is 0 Å². The first kappa shape index (κ1) is 10.1. The van der Waals surface area contributed by atoms with Gasteiger partial charge >= 0.3 is 0 Å². The summed E-state index contributed by atoms with van der Waals surface area (Å²) in [5, 5.41) is 0. The maximum atomic E-state index is 5.50. The van der Waals surface area contributed by atoms with Crippen LogP contribution in [0, 0.1) is 0 Å². The lowest BCUT2D eigenvalue weighted by molar-refractivity contribution is 0.0179. The van der Waals surface area contributed by atoms with Gasteiger partial charge in [-0.1, -0.05) is 0 Å². The molecule has 1 aromatic heterocycles. The summed E-state index contributed by atoms with van der Waals surface area (Å²) in [5.74, 6) is 0.503. The molecule has 0 spiro atoms. The van der Waals surface area contributed by atoms with Crippen molar-refractivity contribution >= 4 is 15.9 Å². The highest BCUT2D eigenvalue weighted by molar-refractivity contribution is 9.10. The van der Waals surface area contributed by atoms with Crippen LogP contribution in [-0.2, 0) is 4.74 Å². The lowest BCUT2D eigenvalue weighted by Crippen LogP contribution is -2.22. The van der Waals surface area contributed by atoms with E-state index in [1.54, 1.807) is 6.20 Å². The summed E-state index contributed by atoms with van der Waals surface area (Å²) in [6.45, 7) is 2.94. The van der Waals surface area contributed by atoms with Gasteiger partial charge in [0.1, 0.15) is 4.60 Å². The minimum atomic E-state index is 0.342. The van der Waals surface area contributed by atoms with E-state index in [4.69, 9.17) is 4.74 Å². The Labute approximate surface area is 92.0 Å². The number of rotatable bonds is 1. The van der Waals surface area contributed by atoms with Crippen molar-refractivity contribution in [2.45, 2.75) is 31.8 Å². The molecule has 0 bridgehead atoms. The lowest BCUT2D eigenvalue weighted by Gasteiger charge is -2.26. The third kappa shape index (κ3) is 2.30. The Bertz CT molecular complexity index is 319. The quantitative estimate of drug-likeness (QED) is 0.775. The Balaban J connectivity index is 2.14. The molecule has 0 aliphatic carbocycles. The van der Waals surface area contributed by atoms with Crippen LogP contribution in [0.25, 0.3) is 0 Å². The fourth-order valence-corrected chi connectivity index (χ4v) is 2.14. The second-order valence-electron chi connectivity index (χ2n) is 3.67. The molecule has 0 saturated carbocycles. The first-order chi connectivity index (χ1) is 6.75. The van der Waals surface area contributed by atoms with Crippen molar-refractivity contribution in [3.63, 3.8) is 0 Å². The van der Waals surface area contributed by atoms with Crippen molar-refractivity contribution in [1.29, 1.82) is 0 Å². The highest BCUT2D eigenvalue weighted by Gasteiger charge is 2.22. The summed E-state index contributed by atoms with van der Waals surface area (Å²) < 4.78 is 6.31. The highest BCUT2D eigenvalue weighted by atomic mass is 79.9.